The molecule has 1 atom stereocenters. The molecule has 0 bridgehead atoms. The van der Waals surface area contributed by atoms with Crippen LogP contribution in [0.1, 0.15) is 6.42 Å². The minimum atomic E-state index is 0.646. The normalized spacial score (nSPS) is 19.3. The number of anilines is 1. The Morgan fingerprint density at radius 2 is 2.00 bits per heavy atom. The Bertz CT molecular complexity index is 549. The molecule has 1 unspecified atom stereocenters. The Hall–Kier alpha value is -1.06. The van der Waals surface area contributed by atoms with Crippen LogP contribution in [-0.2, 0) is 4.74 Å². The van der Waals surface area contributed by atoms with Gasteiger partial charge in [-0.2, -0.15) is 0 Å². The average Bonchev–Trinajstić information content (AvgIpc) is 2.92. The monoisotopic (exact) mass is 305 g/mol. The van der Waals surface area contributed by atoms with Crippen molar-refractivity contribution in [3.63, 3.8) is 0 Å². The molecule has 3 heteroatoms. The lowest BCUT2D eigenvalue weighted by Gasteiger charge is -2.13. The smallest absolute Gasteiger partial charge is 0.0511 e. The first kappa shape index (κ1) is 12.0. The molecule has 0 aromatic heterocycles. The highest BCUT2D eigenvalue weighted by Crippen LogP contribution is 2.30. The van der Waals surface area contributed by atoms with Crippen LogP contribution in [-0.4, -0.2) is 19.8 Å². The molecule has 1 aliphatic rings. The van der Waals surface area contributed by atoms with Crippen molar-refractivity contribution < 1.29 is 4.74 Å². The van der Waals surface area contributed by atoms with Gasteiger partial charge in [-0.25, -0.2) is 0 Å². The molecule has 18 heavy (non-hydrogen) atoms. The molecule has 94 valence electrons. The van der Waals surface area contributed by atoms with Gasteiger partial charge in [0.2, 0.25) is 0 Å². The molecule has 0 aliphatic carbocycles. The fourth-order valence-electron chi connectivity index (χ4n) is 2.42. The summed E-state index contributed by atoms with van der Waals surface area (Å²) in [5.41, 5.74) is 1.21. The van der Waals surface area contributed by atoms with Gasteiger partial charge in [0, 0.05) is 34.6 Å². The molecule has 1 saturated heterocycles. The van der Waals surface area contributed by atoms with Crippen molar-refractivity contribution in [3.05, 3.63) is 40.9 Å². The number of nitrogens with one attached hydrogen (secondary N) is 1. The van der Waals surface area contributed by atoms with Crippen molar-refractivity contribution in [2.75, 3.05) is 25.1 Å². The van der Waals surface area contributed by atoms with Gasteiger partial charge in [0.15, 0.2) is 0 Å². The van der Waals surface area contributed by atoms with E-state index in [2.05, 4.69) is 57.6 Å². The molecule has 1 fully saturated rings. The highest BCUT2D eigenvalue weighted by atomic mass is 79.9. The number of hydrogen-bond donors (Lipinski definition) is 1. The van der Waals surface area contributed by atoms with Crippen LogP contribution in [0.15, 0.2) is 40.9 Å². The second kappa shape index (κ2) is 5.29. The molecule has 0 amide bonds. The van der Waals surface area contributed by atoms with Crippen molar-refractivity contribution in [1.82, 2.24) is 0 Å². The van der Waals surface area contributed by atoms with Crippen LogP contribution in [0, 0.1) is 5.92 Å². The average molecular weight is 306 g/mol. The number of rotatable bonds is 3. The van der Waals surface area contributed by atoms with E-state index in [4.69, 9.17) is 4.74 Å². The standard InChI is InChI=1S/C15H16BrNO/c16-14-5-6-15(13-4-2-1-3-12(13)14)17-9-11-7-8-18-10-11/h1-6,11,17H,7-10H2. The number of hydrogen-bond acceptors (Lipinski definition) is 2. The Morgan fingerprint density at radius 1 is 1.17 bits per heavy atom. The van der Waals surface area contributed by atoms with Gasteiger partial charge in [-0.05, 0) is 23.9 Å². The molecule has 0 saturated carbocycles. The van der Waals surface area contributed by atoms with E-state index in [9.17, 15) is 0 Å². The predicted octanol–water partition coefficient (Wildman–Crippen LogP) is 4.05. The first-order valence-corrected chi connectivity index (χ1v) is 7.13. The SMILES string of the molecule is Brc1ccc(NCC2CCOC2)c2ccccc12. The third-order valence-electron chi connectivity index (χ3n) is 3.48. The summed E-state index contributed by atoms with van der Waals surface area (Å²) in [6.45, 7) is 2.79. The maximum atomic E-state index is 5.40. The van der Waals surface area contributed by atoms with Gasteiger partial charge >= 0.3 is 0 Å². The van der Waals surface area contributed by atoms with Gasteiger partial charge < -0.3 is 10.1 Å². The topological polar surface area (TPSA) is 21.3 Å². The lowest BCUT2D eigenvalue weighted by molar-refractivity contribution is 0.187. The van der Waals surface area contributed by atoms with E-state index in [0.29, 0.717) is 5.92 Å². The molecule has 2 aromatic carbocycles. The zero-order valence-corrected chi connectivity index (χ0v) is 11.7. The highest BCUT2D eigenvalue weighted by Gasteiger charge is 2.15. The maximum Gasteiger partial charge on any atom is 0.0511 e. The molecule has 3 rings (SSSR count). The first-order chi connectivity index (χ1) is 8.84. The quantitative estimate of drug-likeness (QED) is 0.923. The van der Waals surface area contributed by atoms with Crippen LogP contribution >= 0.6 is 15.9 Å². The molecule has 2 nitrogen and oxygen atoms in total. The first-order valence-electron chi connectivity index (χ1n) is 6.33. The number of benzene rings is 2. The van der Waals surface area contributed by atoms with Crippen LogP contribution < -0.4 is 5.32 Å². The van der Waals surface area contributed by atoms with E-state index in [1.165, 1.54) is 22.9 Å². The molecule has 0 radical (unpaired) electrons. The fourth-order valence-corrected chi connectivity index (χ4v) is 2.89. The number of ether oxygens (including phenoxy) is 1. The van der Waals surface area contributed by atoms with E-state index in [1.807, 2.05) is 0 Å². The summed E-state index contributed by atoms with van der Waals surface area (Å²) in [5.74, 6) is 0.646. The summed E-state index contributed by atoms with van der Waals surface area (Å²) in [5, 5.41) is 6.08. The van der Waals surface area contributed by atoms with E-state index in [0.717, 1.165) is 24.2 Å². The van der Waals surface area contributed by atoms with E-state index < -0.39 is 0 Å². The van der Waals surface area contributed by atoms with Gasteiger partial charge in [-0.1, -0.05) is 40.2 Å². The Labute approximate surface area is 115 Å². The third kappa shape index (κ3) is 2.38. The second-order valence-electron chi connectivity index (χ2n) is 4.75. The number of fused-ring (bicyclic) bond motifs is 1. The molecule has 0 spiro atoms. The van der Waals surface area contributed by atoms with Crippen LogP contribution in [0.2, 0.25) is 0 Å². The lowest BCUT2D eigenvalue weighted by atomic mass is 10.1. The van der Waals surface area contributed by atoms with Crippen LogP contribution in [0.3, 0.4) is 0 Å². The van der Waals surface area contributed by atoms with Gasteiger partial charge in [0.25, 0.3) is 0 Å². The summed E-state index contributed by atoms with van der Waals surface area (Å²) in [4.78, 5) is 0. The fraction of sp³-hybridized carbons (Fsp3) is 0.333. The molecule has 1 heterocycles. The Balaban J connectivity index is 1.85. The molecule has 1 N–H and O–H groups in total. The molecular formula is C15H16BrNO. The highest BCUT2D eigenvalue weighted by molar-refractivity contribution is 9.10. The minimum absolute atomic E-state index is 0.646. The van der Waals surface area contributed by atoms with Crippen molar-refractivity contribution >= 4 is 32.4 Å². The van der Waals surface area contributed by atoms with Crippen LogP contribution in [0.4, 0.5) is 5.69 Å². The molecule has 1 aliphatic heterocycles. The zero-order chi connectivity index (χ0) is 12.4. The summed E-state index contributed by atoms with van der Waals surface area (Å²) < 4.78 is 6.55. The predicted molar refractivity (Wildman–Crippen MR) is 79.1 cm³/mol. The number of halogens is 1. The molecular weight excluding hydrogens is 290 g/mol. The summed E-state index contributed by atoms with van der Waals surface area (Å²) in [6, 6.07) is 12.7. The largest absolute Gasteiger partial charge is 0.384 e. The van der Waals surface area contributed by atoms with Crippen LogP contribution in [0.5, 0.6) is 0 Å². The lowest BCUT2D eigenvalue weighted by Crippen LogP contribution is -2.14. The van der Waals surface area contributed by atoms with Crippen LogP contribution in [0.25, 0.3) is 10.8 Å². The van der Waals surface area contributed by atoms with E-state index >= 15 is 0 Å². The van der Waals surface area contributed by atoms with Crippen molar-refractivity contribution in [2.45, 2.75) is 6.42 Å². The van der Waals surface area contributed by atoms with Crippen molar-refractivity contribution in [1.29, 1.82) is 0 Å². The summed E-state index contributed by atoms with van der Waals surface area (Å²) in [6.07, 6.45) is 1.17. The van der Waals surface area contributed by atoms with Gasteiger partial charge in [-0.15, -0.1) is 0 Å². The zero-order valence-electron chi connectivity index (χ0n) is 10.2. The molecule has 2 aromatic rings. The Kier molecular flexibility index (Phi) is 3.52. The van der Waals surface area contributed by atoms with Gasteiger partial charge in [0.05, 0.1) is 6.61 Å². The minimum Gasteiger partial charge on any atom is -0.384 e. The van der Waals surface area contributed by atoms with Crippen molar-refractivity contribution in [3.8, 4) is 0 Å². The maximum absolute atomic E-state index is 5.40. The second-order valence-corrected chi connectivity index (χ2v) is 5.61. The summed E-state index contributed by atoms with van der Waals surface area (Å²) >= 11 is 3.60. The van der Waals surface area contributed by atoms with E-state index in [1.54, 1.807) is 0 Å². The van der Waals surface area contributed by atoms with E-state index in [-0.39, 0.29) is 0 Å². The third-order valence-corrected chi connectivity index (χ3v) is 4.17. The summed E-state index contributed by atoms with van der Waals surface area (Å²) in [7, 11) is 0. The van der Waals surface area contributed by atoms with Gasteiger partial charge in [0.1, 0.15) is 0 Å². The van der Waals surface area contributed by atoms with Crippen molar-refractivity contribution in [2.24, 2.45) is 5.92 Å². The Morgan fingerprint density at radius 3 is 2.78 bits per heavy atom. The van der Waals surface area contributed by atoms with Gasteiger partial charge in [-0.3, -0.25) is 0 Å².